The lowest BCUT2D eigenvalue weighted by Crippen LogP contribution is -2.30. The molecule has 0 bridgehead atoms. The van der Waals surface area contributed by atoms with Crippen LogP contribution in [-0.4, -0.2) is 21.8 Å². The lowest BCUT2D eigenvalue weighted by Gasteiger charge is -2.17. The van der Waals surface area contributed by atoms with Gasteiger partial charge >= 0.3 is 6.09 Å². The minimum absolute atomic E-state index is 0.0130. The molecule has 0 spiro atoms. The normalized spacial score (nSPS) is 15.9. The summed E-state index contributed by atoms with van der Waals surface area (Å²) in [5.41, 5.74) is -1.56. The number of anilines is 1. The number of rotatable bonds is 4. The second-order valence-corrected chi connectivity index (χ2v) is 7.88. The highest BCUT2D eigenvalue weighted by atomic mass is 35.5. The predicted octanol–water partition coefficient (Wildman–Crippen LogP) is 5.61. The average Bonchev–Trinajstić information content (AvgIpc) is 2.91. The van der Waals surface area contributed by atoms with E-state index in [1.54, 1.807) is 0 Å². The van der Waals surface area contributed by atoms with Gasteiger partial charge in [0.05, 0.1) is 30.6 Å². The molecule has 1 heterocycles. The summed E-state index contributed by atoms with van der Waals surface area (Å²) >= 11 is 17.9. The highest BCUT2D eigenvalue weighted by Gasteiger charge is 2.47. The fraction of sp³-hybridized carbons (Fsp3) is 0.222. The number of cyclic esters (lactones) is 1. The zero-order valence-corrected chi connectivity index (χ0v) is 18.3. The van der Waals surface area contributed by atoms with Gasteiger partial charge < -0.3 is 4.74 Å². The zero-order valence-electron chi connectivity index (χ0n) is 16.1. The van der Waals surface area contributed by atoms with E-state index in [1.165, 1.54) is 32.9 Å². The van der Waals surface area contributed by atoms with Gasteiger partial charge in [-0.3, -0.25) is 25.0 Å². The lowest BCUT2D eigenvalue weighted by atomic mass is 9.91. The van der Waals surface area contributed by atoms with Crippen LogP contribution in [-0.2, 0) is 9.53 Å². The molecule has 1 unspecified atom stereocenters. The van der Waals surface area contributed by atoms with Crippen molar-refractivity contribution < 1.29 is 24.2 Å². The maximum atomic E-state index is 13.1. The topological polar surface area (TPSA) is 133 Å². The summed E-state index contributed by atoms with van der Waals surface area (Å²) in [7, 11) is 0. The van der Waals surface area contributed by atoms with E-state index in [0.717, 1.165) is 0 Å². The van der Waals surface area contributed by atoms with E-state index in [-0.39, 0.29) is 43.0 Å². The number of nitro groups is 2. The van der Waals surface area contributed by atoms with Crippen molar-refractivity contribution in [2.45, 2.75) is 26.9 Å². The zero-order chi connectivity index (χ0) is 23.4. The van der Waals surface area contributed by atoms with Crippen LogP contribution in [0.25, 0.3) is 0 Å². The van der Waals surface area contributed by atoms with E-state index in [4.69, 9.17) is 39.5 Å². The lowest BCUT2D eigenvalue weighted by molar-refractivity contribution is -0.396. The van der Waals surface area contributed by atoms with Crippen molar-refractivity contribution in [3.63, 3.8) is 0 Å². The van der Waals surface area contributed by atoms with Crippen LogP contribution < -0.4 is 4.90 Å². The number of carbonyl (C=O) groups is 2. The molecule has 0 radical (unpaired) electrons. The van der Waals surface area contributed by atoms with Gasteiger partial charge in [0.15, 0.2) is 0 Å². The van der Waals surface area contributed by atoms with Crippen LogP contribution in [0.2, 0.25) is 15.1 Å². The van der Waals surface area contributed by atoms with Crippen molar-refractivity contribution in [3.8, 4) is 0 Å². The number of ether oxygens (including phenoxy) is 1. The molecule has 1 aliphatic rings. The Morgan fingerprint density at radius 3 is 1.84 bits per heavy atom. The molecule has 0 aromatic heterocycles. The Kier molecular flexibility index (Phi) is 5.83. The van der Waals surface area contributed by atoms with Crippen molar-refractivity contribution in [2.75, 3.05) is 4.90 Å². The van der Waals surface area contributed by atoms with Gasteiger partial charge in [-0.25, -0.2) is 9.69 Å². The Morgan fingerprint density at radius 2 is 1.35 bits per heavy atom. The number of nitrogens with zero attached hydrogens (tertiary/aromatic N) is 3. The van der Waals surface area contributed by atoms with Crippen LogP contribution in [0.1, 0.15) is 28.4 Å². The summed E-state index contributed by atoms with van der Waals surface area (Å²) in [5, 5.41) is 23.2. The van der Waals surface area contributed by atoms with Crippen molar-refractivity contribution in [1.82, 2.24) is 0 Å². The first-order valence-electron chi connectivity index (χ1n) is 8.50. The number of nitro benzene ring substituents is 2. The molecule has 2 aromatic rings. The summed E-state index contributed by atoms with van der Waals surface area (Å²) in [6.45, 7) is 3.89. The Balaban J connectivity index is 2.23. The van der Waals surface area contributed by atoms with Crippen LogP contribution >= 0.6 is 34.8 Å². The van der Waals surface area contributed by atoms with Gasteiger partial charge in [0.2, 0.25) is 6.10 Å². The number of imide groups is 1. The molecule has 0 saturated carbocycles. The quantitative estimate of drug-likeness (QED) is 0.310. The van der Waals surface area contributed by atoms with Crippen molar-refractivity contribution >= 4 is 63.9 Å². The van der Waals surface area contributed by atoms with Crippen LogP contribution in [0, 0.1) is 41.0 Å². The summed E-state index contributed by atoms with van der Waals surface area (Å²) < 4.78 is 5.18. The molecule has 3 rings (SSSR count). The number of hydrogen-bond acceptors (Lipinski definition) is 7. The smallest absolute Gasteiger partial charge is 0.422 e. The van der Waals surface area contributed by atoms with Gasteiger partial charge in [0, 0.05) is 16.7 Å². The molecule has 1 atom stereocenters. The fourth-order valence-electron chi connectivity index (χ4n) is 3.65. The molecule has 31 heavy (non-hydrogen) atoms. The first-order chi connectivity index (χ1) is 14.4. The monoisotopic (exact) mass is 487 g/mol. The predicted molar refractivity (Wildman–Crippen MR) is 112 cm³/mol. The standard InChI is InChI=1S/C18H12Cl3N3O7/c1-6-13(7(2)15(24(29)30)8(3)14(6)23(27)28)16-17(25)22(18(26)31-16)12-5-10(20)9(19)4-11(12)21/h4-5,16H,1-3H3. The molecule has 1 aliphatic heterocycles. The molecule has 1 fully saturated rings. The second-order valence-electron chi connectivity index (χ2n) is 6.66. The van der Waals surface area contributed by atoms with Crippen LogP contribution in [0.4, 0.5) is 21.9 Å². The van der Waals surface area contributed by atoms with Gasteiger partial charge in [0.1, 0.15) is 5.56 Å². The fourth-order valence-corrected chi connectivity index (χ4v) is 4.27. The Hall–Kier alpha value is -2.95. The molecule has 162 valence electrons. The highest BCUT2D eigenvalue weighted by Crippen LogP contribution is 2.45. The van der Waals surface area contributed by atoms with E-state index in [9.17, 15) is 29.8 Å². The van der Waals surface area contributed by atoms with Gasteiger partial charge in [-0.2, -0.15) is 0 Å². The SMILES string of the molecule is Cc1c(C2OC(=O)N(c3cc(Cl)c(Cl)cc3Cl)C2=O)c(C)c([N+](=O)[O-])c(C)c1[N+](=O)[O-]. The molecular weight excluding hydrogens is 477 g/mol. The van der Waals surface area contributed by atoms with E-state index in [1.807, 2.05) is 0 Å². The molecular formula is C18H12Cl3N3O7. The summed E-state index contributed by atoms with van der Waals surface area (Å²) in [6.07, 6.45) is -2.78. The third kappa shape index (κ3) is 3.56. The molecule has 10 nitrogen and oxygen atoms in total. The first kappa shape index (κ1) is 22.7. The maximum absolute atomic E-state index is 13.1. The minimum Gasteiger partial charge on any atom is -0.430 e. The van der Waals surface area contributed by atoms with Crippen molar-refractivity contribution in [2.24, 2.45) is 0 Å². The van der Waals surface area contributed by atoms with E-state index >= 15 is 0 Å². The van der Waals surface area contributed by atoms with Crippen molar-refractivity contribution in [1.29, 1.82) is 0 Å². The largest absolute Gasteiger partial charge is 0.430 e. The van der Waals surface area contributed by atoms with E-state index < -0.39 is 39.3 Å². The molecule has 1 saturated heterocycles. The first-order valence-corrected chi connectivity index (χ1v) is 9.63. The summed E-state index contributed by atoms with van der Waals surface area (Å²) in [5.74, 6) is -0.941. The van der Waals surface area contributed by atoms with Gasteiger partial charge in [-0.05, 0) is 32.9 Å². The van der Waals surface area contributed by atoms with Crippen LogP contribution in [0.15, 0.2) is 12.1 Å². The Labute approximate surface area is 189 Å². The van der Waals surface area contributed by atoms with E-state index in [0.29, 0.717) is 4.90 Å². The number of benzene rings is 2. The third-order valence-electron chi connectivity index (χ3n) is 4.93. The molecule has 2 aromatic carbocycles. The van der Waals surface area contributed by atoms with E-state index in [2.05, 4.69) is 0 Å². The number of amides is 2. The van der Waals surface area contributed by atoms with Gasteiger partial charge in [-0.1, -0.05) is 34.8 Å². The summed E-state index contributed by atoms with van der Waals surface area (Å²) in [6, 6.07) is 2.42. The van der Waals surface area contributed by atoms with Crippen LogP contribution in [0.3, 0.4) is 0 Å². The van der Waals surface area contributed by atoms with Gasteiger partial charge in [-0.15, -0.1) is 0 Å². The van der Waals surface area contributed by atoms with Gasteiger partial charge in [0.25, 0.3) is 17.3 Å². The maximum Gasteiger partial charge on any atom is 0.422 e. The highest BCUT2D eigenvalue weighted by molar-refractivity contribution is 6.44. The second kappa shape index (κ2) is 7.95. The minimum atomic E-state index is -1.66. The Morgan fingerprint density at radius 1 is 0.871 bits per heavy atom. The molecule has 13 heteroatoms. The summed E-state index contributed by atoms with van der Waals surface area (Å²) in [4.78, 5) is 47.8. The molecule has 2 amide bonds. The number of carbonyl (C=O) groups excluding carboxylic acids is 2. The van der Waals surface area contributed by atoms with Crippen LogP contribution in [0.5, 0.6) is 0 Å². The number of halogens is 3. The third-order valence-corrected chi connectivity index (χ3v) is 5.96. The van der Waals surface area contributed by atoms with Crippen molar-refractivity contribution in [3.05, 3.63) is 69.7 Å². The Bertz CT molecular complexity index is 1160. The molecule has 0 aliphatic carbocycles. The molecule has 0 N–H and O–H groups in total. The average molecular weight is 489 g/mol. The number of hydrogen-bond donors (Lipinski definition) is 0.